The van der Waals surface area contributed by atoms with Gasteiger partial charge in [0.15, 0.2) is 0 Å². The Hall–Kier alpha value is -0.890. The molecule has 86 valence electrons. The van der Waals surface area contributed by atoms with Crippen molar-refractivity contribution in [3.8, 4) is 0 Å². The number of rotatable bonds is 4. The number of hydrogen-bond donors (Lipinski definition) is 1. The number of nitrogens with two attached hydrogens (primary N) is 1. The molecule has 0 saturated carbocycles. The van der Waals surface area contributed by atoms with Crippen LogP contribution in [0.2, 0.25) is 0 Å². The molecule has 1 aliphatic rings. The van der Waals surface area contributed by atoms with E-state index in [-0.39, 0.29) is 0 Å². The average Bonchev–Trinajstić information content (AvgIpc) is 2.28. The zero-order valence-corrected chi connectivity index (χ0v) is 10.5. The molecule has 2 rings (SSSR count). The molecular weight excluding hydrogens is 214 g/mol. The van der Waals surface area contributed by atoms with Crippen LogP contribution in [0.5, 0.6) is 0 Å². The van der Waals surface area contributed by atoms with Crippen LogP contribution in [0, 0.1) is 0 Å². The van der Waals surface area contributed by atoms with Crippen LogP contribution in [0.25, 0.3) is 0 Å². The van der Waals surface area contributed by atoms with E-state index in [1.54, 1.807) is 11.1 Å². The third-order valence-electron chi connectivity index (χ3n) is 3.30. The van der Waals surface area contributed by atoms with Crippen molar-refractivity contribution in [2.75, 3.05) is 0 Å². The summed E-state index contributed by atoms with van der Waals surface area (Å²) in [6.07, 6.45) is 8.28. The fourth-order valence-corrected chi connectivity index (χ4v) is 2.55. The van der Waals surface area contributed by atoms with E-state index in [9.17, 15) is 0 Å². The fourth-order valence-electron chi connectivity index (χ4n) is 2.41. The normalized spacial score (nSPS) is 14.5. The zero-order chi connectivity index (χ0) is 11.4. The van der Waals surface area contributed by atoms with Crippen LogP contribution in [0.1, 0.15) is 42.4 Å². The van der Waals surface area contributed by atoms with Crippen molar-refractivity contribution in [1.82, 2.24) is 0 Å². The number of benzene rings is 1. The summed E-state index contributed by atoms with van der Waals surface area (Å²) in [5.74, 6) is 0. The lowest BCUT2D eigenvalue weighted by Crippen LogP contribution is -2.08. The van der Waals surface area contributed by atoms with Crippen LogP contribution in [0.3, 0.4) is 0 Å². The first-order valence-electron chi connectivity index (χ1n) is 6.15. The Balaban J connectivity index is 1.97. The fraction of sp³-hybridized carbons (Fsp3) is 0.500. The molecule has 0 saturated heterocycles. The molecule has 1 aromatic rings. The van der Waals surface area contributed by atoms with Crippen molar-refractivity contribution in [2.24, 2.45) is 5.73 Å². The van der Waals surface area contributed by atoms with Crippen molar-refractivity contribution in [3.63, 3.8) is 0 Å². The lowest BCUT2D eigenvalue weighted by Gasteiger charge is -2.16. The number of thiocarbonyl (C=S) groups is 1. The molecule has 0 spiro atoms. The second-order valence-electron chi connectivity index (χ2n) is 4.63. The quantitative estimate of drug-likeness (QED) is 0.808. The molecule has 2 N–H and O–H groups in total. The largest absolute Gasteiger partial charge is 0.393 e. The van der Waals surface area contributed by atoms with Gasteiger partial charge in [-0.05, 0) is 61.6 Å². The number of aryl methyl sites for hydroxylation is 3. The summed E-state index contributed by atoms with van der Waals surface area (Å²) in [5, 5.41) is 0. The summed E-state index contributed by atoms with van der Waals surface area (Å²) >= 11 is 4.89. The summed E-state index contributed by atoms with van der Waals surface area (Å²) < 4.78 is 0. The number of fused-ring (bicyclic) bond motifs is 1. The monoisotopic (exact) mass is 233 g/mol. The molecule has 0 amide bonds. The molecule has 1 nitrogen and oxygen atoms in total. The Morgan fingerprint density at radius 1 is 1.19 bits per heavy atom. The molecule has 0 radical (unpaired) electrons. The minimum atomic E-state index is 0.637. The van der Waals surface area contributed by atoms with E-state index in [2.05, 4.69) is 18.2 Å². The van der Waals surface area contributed by atoms with Gasteiger partial charge in [0, 0.05) is 0 Å². The second-order valence-corrected chi connectivity index (χ2v) is 5.15. The van der Waals surface area contributed by atoms with Gasteiger partial charge < -0.3 is 5.73 Å². The molecule has 16 heavy (non-hydrogen) atoms. The maximum atomic E-state index is 5.50. The molecule has 1 aliphatic carbocycles. The van der Waals surface area contributed by atoms with Gasteiger partial charge in [-0.3, -0.25) is 0 Å². The first-order chi connectivity index (χ1) is 7.75. The highest BCUT2D eigenvalue weighted by molar-refractivity contribution is 7.80. The predicted octanol–water partition coefficient (Wildman–Crippen LogP) is 3.17. The molecule has 1 aromatic carbocycles. The van der Waals surface area contributed by atoms with Crippen molar-refractivity contribution in [2.45, 2.75) is 44.9 Å². The van der Waals surface area contributed by atoms with Crippen LogP contribution >= 0.6 is 12.2 Å². The van der Waals surface area contributed by atoms with Gasteiger partial charge in [0.25, 0.3) is 0 Å². The van der Waals surface area contributed by atoms with E-state index >= 15 is 0 Å². The Labute approximate surface area is 103 Å². The molecule has 0 aliphatic heterocycles. The van der Waals surface area contributed by atoms with Crippen molar-refractivity contribution in [1.29, 1.82) is 0 Å². The summed E-state index contributed by atoms with van der Waals surface area (Å²) in [7, 11) is 0. The summed E-state index contributed by atoms with van der Waals surface area (Å²) in [5.41, 5.74) is 10.1. The molecule has 0 fully saturated rings. The maximum absolute atomic E-state index is 5.50. The smallest absolute Gasteiger partial charge is 0.0727 e. The van der Waals surface area contributed by atoms with Gasteiger partial charge in [-0.15, -0.1) is 0 Å². The Bertz CT molecular complexity index is 384. The van der Waals surface area contributed by atoms with Gasteiger partial charge in [0.1, 0.15) is 0 Å². The average molecular weight is 233 g/mol. The maximum Gasteiger partial charge on any atom is 0.0727 e. The number of hydrogen-bond acceptors (Lipinski definition) is 1. The highest BCUT2D eigenvalue weighted by Crippen LogP contribution is 2.22. The summed E-state index contributed by atoms with van der Waals surface area (Å²) in [6, 6.07) is 6.96. The van der Waals surface area contributed by atoms with E-state index in [0.717, 1.165) is 19.3 Å². The van der Waals surface area contributed by atoms with Crippen molar-refractivity contribution in [3.05, 3.63) is 34.9 Å². The van der Waals surface area contributed by atoms with Gasteiger partial charge in [-0.25, -0.2) is 0 Å². The van der Waals surface area contributed by atoms with Gasteiger partial charge in [-0.2, -0.15) is 0 Å². The van der Waals surface area contributed by atoms with Crippen molar-refractivity contribution >= 4 is 17.2 Å². The van der Waals surface area contributed by atoms with Gasteiger partial charge in [-0.1, -0.05) is 30.4 Å². The topological polar surface area (TPSA) is 26.0 Å². The third kappa shape index (κ3) is 3.05. The van der Waals surface area contributed by atoms with Gasteiger partial charge in [0.05, 0.1) is 4.99 Å². The van der Waals surface area contributed by atoms with E-state index in [1.165, 1.54) is 31.2 Å². The van der Waals surface area contributed by atoms with E-state index in [1.807, 2.05) is 0 Å². The Morgan fingerprint density at radius 2 is 1.94 bits per heavy atom. The van der Waals surface area contributed by atoms with Crippen LogP contribution < -0.4 is 5.73 Å². The molecule has 0 heterocycles. The van der Waals surface area contributed by atoms with Gasteiger partial charge in [0.2, 0.25) is 0 Å². The Morgan fingerprint density at radius 3 is 2.69 bits per heavy atom. The van der Waals surface area contributed by atoms with Crippen LogP contribution in [-0.4, -0.2) is 4.99 Å². The Kier molecular flexibility index (Phi) is 3.94. The van der Waals surface area contributed by atoms with Gasteiger partial charge >= 0.3 is 0 Å². The van der Waals surface area contributed by atoms with E-state index in [0.29, 0.717) is 4.99 Å². The standard InChI is InChI=1S/C14H19NS/c15-14(16)7-3-4-11-8-9-12-5-1-2-6-13(12)10-11/h8-10H,1-7H2,(H2,15,16). The lowest BCUT2D eigenvalue weighted by molar-refractivity contribution is 0.683. The SMILES string of the molecule is NC(=S)CCCc1ccc2c(c1)CCCC2. The van der Waals surface area contributed by atoms with Crippen LogP contribution in [0.15, 0.2) is 18.2 Å². The zero-order valence-electron chi connectivity index (χ0n) is 9.67. The van der Waals surface area contributed by atoms with E-state index < -0.39 is 0 Å². The molecule has 0 atom stereocenters. The molecule has 0 unspecified atom stereocenters. The highest BCUT2D eigenvalue weighted by Gasteiger charge is 2.09. The minimum absolute atomic E-state index is 0.637. The highest BCUT2D eigenvalue weighted by atomic mass is 32.1. The van der Waals surface area contributed by atoms with Crippen LogP contribution in [-0.2, 0) is 19.3 Å². The minimum Gasteiger partial charge on any atom is -0.393 e. The summed E-state index contributed by atoms with van der Waals surface area (Å²) in [6.45, 7) is 0. The predicted molar refractivity (Wildman–Crippen MR) is 72.8 cm³/mol. The molecule has 0 aromatic heterocycles. The first kappa shape index (κ1) is 11.6. The summed E-state index contributed by atoms with van der Waals surface area (Å²) in [4.78, 5) is 0.637. The first-order valence-corrected chi connectivity index (χ1v) is 6.55. The second kappa shape index (κ2) is 5.44. The molecule has 2 heteroatoms. The molecule has 0 bridgehead atoms. The van der Waals surface area contributed by atoms with Crippen molar-refractivity contribution < 1.29 is 0 Å². The molecular formula is C14H19NS. The lowest BCUT2D eigenvalue weighted by atomic mass is 9.89. The van der Waals surface area contributed by atoms with E-state index in [4.69, 9.17) is 18.0 Å². The third-order valence-corrected chi connectivity index (χ3v) is 3.51. The van der Waals surface area contributed by atoms with Crippen LogP contribution in [0.4, 0.5) is 0 Å².